The molecule has 0 aliphatic heterocycles. The summed E-state index contributed by atoms with van der Waals surface area (Å²) in [5, 5.41) is 14.2. The highest BCUT2D eigenvalue weighted by Gasteiger charge is 2.27. The molecule has 0 radical (unpaired) electrons. The zero-order chi connectivity index (χ0) is 14.3. The van der Waals surface area contributed by atoms with Crippen LogP contribution in [-0.4, -0.2) is 38.6 Å². The monoisotopic (exact) mass is 285 g/mol. The summed E-state index contributed by atoms with van der Waals surface area (Å²) in [6.45, 7) is 6.59. The van der Waals surface area contributed by atoms with Crippen molar-refractivity contribution < 1.29 is 5.11 Å². The van der Waals surface area contributed by atoms with E-state index in [1.807, 2.05) is 24.0 Å². The third-order valence-corrected chi connectivity index (χ3v) is 4.53. The summed E-state index contributed by atoms with van der Waals surface area (Å²) < 4.78 is 2.04. The Morgan fingerprint density at radius 1 is 1.53 bits per heavy atom. The lowest BCUT2D eigenvalue weighted by Crippen LogP contribution is -2.51. The molecule has 2 N–H and O–H groups in total. The maximum atomic E-state index is 9.67. The lowest BCUT2D eigenvalue weighted by molar-refractivity contribution is 0.137. The molecule has 1 unspecified atom stereocenters. The molecule has 0 spiro atoms. The van der Waals surface area contributed by atoms with Gasteiger partial charge in [-0.25, -0.2) is 4.98 Å². The van der Waals surface area contributed by atoms with E-state index in [1.54, 1.807) is 11.8 Å². The average Bonchev–Trinajstić information content (AvgIpc) is 2.78. The molecule has 1 aromatic heterocycles. The number of aliphatic hydroxyl groups is 1. The van der Waals surface area contributed by atoms with Crippen molar-refractivity contribution in [2.24, 2.45) is 7.05 Å². The van der Waals surface area contributed by atoms with Gasteiger partial charge in [-0.15, -0.1) is 0 Å². The number of nitrogens with zero attached hydrogens (tertiary/aromatic N) is 2. The Labute approximate surface area is 121 Å². The minimum Gasteiger partial charge on any atom is -0.394 e. The molecule has 19 heavy (non-hydrogen) atoms. The van der Waals surface area contributed by atoms with E-state index in [2.05, 4.69) is 31.1 Å². The van der Waals surface area contributed by atoms with Crippen LogP contribution in [-0.2, 0) is 7.05 Å². The van der Waals surface area contributed by atoms with Crippen molar-refractivity contribution in [1.82, 2.24) is 14.9 Å². The van der Waals surface area contributed by atoms with Gasteiger partial charge in [0.1, 0.15) is 0 Å². The minimum absolute atomic E-state index is 0.129. The molecular formula is C14H27N3OS. The summed E-state index contributed by atoms with van der Waals surface area (Å²) in [6, 6.07) is 0.397. The maximum Gasteiger partial charge on any atom is 0.167 e. The molecule has 1 rings (SSSR count). The van der Waals surface area contributed by atoms with E-state index in [4.69, 9.17) is 0 Å². The van der Waals surface area contributed by atoms with Gasteiger partial charge in [0.25, 0.3) is 0 Å². The van der Waals surface area contributed by atoms with Crippen LogP contribution >= 0.6 is 11.8 Å². The van der Waals surface area contributed by atoms with Crippen LogP contribution in [0, 0.1) is 0 Å². The third-order valence-electron chi connectivity index (χ3n) is 3.38. The fourth-order valence-electron chi connectivity index (χ4n) is 2.26. The lowest BCUT2D eigenvalue weighted by Gasteiger charge is -2.34. The molecule has 1 atom stereocenters. The van der Waals surface area contributed by atoms with E-state index < -0.39 is 0 Å². The van der Waals surface area contributed by atoms with Gasteiger partial charge in [-0.2, -0.15) is 0 Å². The Morgan fingerprint density at radius 2 is 2.26 bits per heavy atom. The van der Waals surface area contributed by atoms with E-state index >= 15 is 0 Å². The van der Waals surface area contributed by atoms with Crippen LogP contribution in [0.1, 0.15) is 40.0 Å². The smallest absolute Gasteiger partial charge is 0.167 e. The predicted molar refractivity (Wildman–Crippen MR) is 81.5 cm³/mol. The van der Waals surface area contributed by atoms with Crippen LogP contribution in [0.4, 0.5) is 0 Å². The number of hydrogen-bond donors (Lipinski definition) is 2. The minimum atomic E-state index is -0.129. The Bertz CT molecular complexity index is 361. The van der Waals surface area contributed by atoms with Gasteiger partial charge >= 0.3 is 0 Å². The number of imidazole rings is 1. The van der Waals surface area contributed by atoms with Crippen molar-refractivity contribution in [3.8, 4) is 0 Å². The van der Waals surface area contributed by atoms with Crippen molar-refractivity contribution in [2.75, 3.05) is 12.4 Å². The van der Waals surface area contributed by atoms with Gasteiger partial charge in [0.05, 0.1) is 6.61 Å². The summed E-state index contributed by atoms with van der Waals surface area (Å²) in [6.07, 6.45) is 6.81. The van der Waals surface area contributed by atoms with Crippen LogP contribution in [0.15, 0.2) is 17.6 Å². The van der Waals surface area contributed by atoms with Gasteiger partial charge in [-0.3, -0.25) is 0 Å². The van der Waals surface area contributed by atoms with Crippen molar-refractivity contribution >= 4 is 11.8 Å². The number of aliphatic hydroxyl groups excluding tert-OH is 1. The molecule has 0 saturated carbocycles. The molecule has 0 aliphatic carbocycles. The van der Waals surface area contributed by atoms with Crippen LogP contribution in [0.3, 0.4) is 0 Å². The van der Waals surface area contributed by atoms with Crippen LogP contribution in [0.25, 0.3) is 0 Å². The van der Waals surface area contributed by atoms with Gasteiger partial charge in [0.2, 0.25) is 0 Å². The van der Waals surface area contributed by atoms with Crippen molar-refractivity contribution in [3.63, 3.8) is 0 Å². The zero-order valence-corrected chi connectivity index (χ0v) is 13.3. The molecule has 1 heterocycles. The number of aryl methyl sites for hydroxylation is 1. The molecule has 5 heteroatoms. The molecule has 0 amide bonds. The second kappa shape index (κ2) is 7.92. The molecule has 0 aliphatic rings. The first-order chi connectivity index (χ1) is 9.03. The molecule has 4 nitrogen and oxygen atoms in total. The summed E-state index contributed by atoms with van der Waals surface area (Å²) in [5.41, 5.74) is -0.129. The molecular weight excluding hydrogens is 258 g/mol. The largest absolute Gasteiger partial charge is 0.394 e. The second-order valence-electron chi connectivity index (χ2n) is 5.36. The van der Waals surface area contributed by atoms with Crippen LogP contribution < -0.4 is 5.32 Å². The molecule has 1 aromatic rings. The van der Waals surface area contributed by atoms with E-state index in [-0.39, 0.29) is 12.1 Å². The van der Waals surface area contributed by atoms with Crippen molar-refractivity contribution in [3.05, 3.63) is 12.4 Å². The zero-order valence-electron chi connectivity index (χ0n) is 12.5. The fraction of sp³-hybridized carbons (Fsp3) is 0.786. The number of hydrogen-bond acceptors (Lipinski definition) is 4. The standard InChI is InChI=1S/C14H27N3OS/c1-5-14(11-18,16-12(2)3)7-6-10-19-13-15-8-9-17(13)4/h8-9,12,16,18H,5-7,10-11H2,1-4H3. The first kappa shape index (κ1) is 16.5. The van der Waals surface area contributed by atoms with Gasteiger partial charge in [-0.05, 0) is 19.3 Å². The topological polar surface area (TPSA) is 50.1 Å². The normalized spacial score (nSPS) is 14.8. The maximum absolute atomic E-state index is 9.67. The van der Waals surface area contributed by atoms with E-state index in [0.29, 0.717) is 6.04 Å². The SMILES string of the molecule is CCC(CO)(CCCSc1nccn1C)NC(C)C. The van der Waals surface area contributed by atoms with Gasteiger partial charge in [-0.1, -0.05) is 32.5 Å². The number of rotatable bonds is 9. The summed E-state index contributed by atoms with van der Waals surface area (Å²) in [4.78, 5) is 4.30. The van der Waals surface area contributed by atoms with Crippen molar-refractivity contribution in [1.29, 1.82) is 0 Å². The highest BCUT2D eigenvalue weighted by Crippen LogP contribution is 2.22. The first-order valence-electron chi connectivity index (χ1n) is 7.01. The summed E-state index contributed by atoms with van der Waals surface area (Å²) >= 11 is 1.78. The number of aromatic nitrogens is 2. The Hall–Kier alpha value is -0.520. The van der Waals surface area contributed by atoms with E-state index in [1.165, 1.54) is 0 Å². The molecule has 0 fully saturated rings. The summed E-state index contributed by atoms with van der Waals surface area (Å²) in [5.74, 6) is 1.03. The Balaban J connectivity index is 2.38. The molecule has 0 bridgehead atoms. The quantitative estimate of drug-likeness (QED) is 0.540. The Morgan fingerprint density at radius 3 is 2.74 bits per heavy atom. The summed E-state index contributed by atoms with van der Waals surface area (Å²) in [7, 11) is 2.01. The van der Waals surface area contributed by atoms with E-state index in [9.17, 15) is 5.11 Å². The lowest BCUT2D eigenvalue weighted by atomic mass is 9.91. The predicted octanol–water partition coefficient (Wildman–Crippen LogP) is 2.43. The number of nitrogens with one attached hydrogen (secondary N) is 1. The van der Waals surface area contributed by atoms with Crippen LogP contribution in [0.2, 0.25) is 0 Å². The molecule has 0 saturated heterocycles. The first-order valence-corrected chi connectivity index (χ1v) is 8.00. The van der Waals surface area contributed by atoms with Crippen LogP contribution in [0.5, 0.6) is 0 Å². The third kappa shape index (κ3) is 5.16. The van der Waals surface area contributed by atoms with E-state index in [0.717, 1.165) is 30.2 Å². The number of thioether (sulfide) groups is 1. The molecule has 110 valence electrons. The van der Waals surface area contributed by atoms with Gasteiger partial charge in [0, 0.05) is 36.8 Å². The van der Waals surface area contributed by atoms with Gasteiger partial charge < -0.3 is 15.0 Å². The van der Waals surface area contributed by atoms with Gasteiger partial charge in [0.15, 0.2) is 5.16 Å². The fourth-order valence-corrected chi connectivity index (χ4v) is 3.14. The molecule has 0 aromatic carbocycles. The highest BCUT2D eigenvalue weighted by molar-refractivity contribution is 7.99. The highest BCUT2D eigenvalue weighted by atomic mass is 32.2. The average molecular weight is 285 g/mol. The Kier molecular flexibility index (Phi) is 6.89. The van der Waals surface area contributed by atoms with Crippen molar-refractivity contribution in [2.45, 2.75) is 56.8 Å². The second-order valence-corrected chi connectivity index (χ2v) is 6.43.